The van der Waals surface area contributed by atoms with Crippen LogP contribution in [0.15, 0.2) is 47.5 Å². The summed E-state index contributed by atoms with van der Waals surface area (Å²) in [5.41, 5.74) is 1.38. The number of ether oxygens (including phenoxy) is 3. The lowest BCUT2D eigenvalue weighted by atomic mass is 10.1. The third kappa shape index (κ3) is 11.7. The molecule has 0 saturated carbocycles. The fraction of sp³-hybridized carbons (Fsp3) is 0.514. The van der Waals surface area contributed by atoms with Crippen LogP contribution in [0.3, 0.4) is 0 Å². The molecular weight excluding hydrogens is 672 g/mol. The van der Waals surface area contributed by atoms with Gasteiger partial charge in [0, 0.05) is 46.2 Å². The van der Waals surface area contributed by atoms with Gasteiger partial charge in [-0.25, -0.2) is 9.59 Å². The molecule has 2 N–H and O–H groups in total. The number of guanidine groups is 1. The number of fused-ring (bicyclic) bond motifs is 2. The van der Waals surface area contributed by atoms with E-state index < -0.39 is 35.2 Å². The number of carbonyl (C=O) groups is 5. The molecule has 15 nitrogen and oxygen atoms in total. The van der Waals surface area contributed by atoms with Gasteiger partial charge in [0.15, 0.2) is 0 Å². The van der Waals surface area contributed by atoms with Crippen molar-refractivity contribution in [3.05, 3.63) is 64.7 Å². The molecule has 0 aliphatic carbocycles. The fourth-order valence-corrected chi connectivity index (χ4v) is 5.52. The lowest BCUT2D eigenvalue weighted by Crippen LogP contribution is -2.45. The fourth-order valence-electron chi connectivity index (χ4n) is 5.52. The zero-order chi connectivity index (χ0) is 38.1. The summed E-state index contributed by atoms with van der Waals surface area (Å²) in [6, 6.07) is 12.2. The SMILES string of the molecule is CC(=O)N=C(N(CCCNC(=O)OC(C)(C)C)CCCNC(=O)OC(C)(C)C)N1Cc2ccc(OCCON3C(=O)c4ccccc4C3=O)cc2C1. The van der Waals surface area contributed by atoms with E-state index in [0.29, 0.717) is 74.9 Å². The maximum absolute atomic E-state index is 12.5. The molecule has 0 spiro atoms. The number of rotatable bonds is 13. The van der Waals surface area contributed by atoms with Gasteiger partial charge in [0.05, 0.1) is 11.1 Å². The summed E-state index contributed by atoms with van der Waals surface area (Å²) in [6.45, 7) is 14.8. The number of hydrogen-bond acceptors (Lipinski definition) is 9. The number of imide groups is 1. The maximum Gasteiger partial charge on any atom is 0.407 e. The van der Waals surface area contributed by atoms with Crippen LogP contribution in [-0.4, -0.2) is 101 Å². The van der Waals surface area contributed by atoms with E-state index in [1.54, 1.807) is 65.8 Å². The summed E-state index contributed by atoms with van der Waals surface area (Å²) in [6.07, 6.45) is 0.0526. The minimum absolute atomic E-state index is 0.0232. The van der Waals surface area contributed by atoms with Crippen LogP contribution in [-0.2, 0) is 32.2 Å². The van der Waals surface area contributed by atoms with Crippen molar-refractivity contribution >= 4 is 35.9 Å². The summed E-state index contributed by atoms with van der Waals surface area (Å²) in [7, 11) is 0. The highest BCUT2D eigenvalue weighted by molar-refractivity contribution is 6.20. The molecule has 0 unspecified atom stereocenters. The summed E-state index contributed by atoms with van der Waals surface area (Å²) >= 11 is 0. The number of hydroxylamine groups is 2. The first-order valence-corrected chi connectivity index (χ1v) is 17.4. The summed E-state index contributed by atoms with van der Waals surface area (Å²) in [5, 5.41) is 6.31. The molecule has 5 amide bonds. The standard InChI is InChI=1S/C37H50N6O9/c1-25(44)40-33(41(18-10-16-38-34(47)51-36(2,3)4)19-11-17-39-35(48)52-37(5,6)7)42-23-26-14-15-28(22-27(26)24-42)49-20-21-50-43-31(45)29-12-8-9-13-30(29)32(43)46/h8-9,12-15,22H,10-11,16-21,23-24H2,1-7H3,(H,38,47)(H,39,48). The normalized spacial score (nSPS) is 14.2. The first-order chi connectivity index (χ1) is 24.5. The van der Waals surface area contributed by atoms with Crippen LogP contribution >= 0.6 is 0 Å². The Kier molecular flexibility index (Phi) is 13.2. The first-order valence-electron chi connectivity index (χ1n) is 17.4. The summed E-state index contributed by atoms with van der Waals surface area (Å²) in [5.74, 6) is -0.315. The molecule has 0 fully saturated rings. The molecular formula is C37H50N6O9. The third-order valence-corrected chi connectivity index (χ3v) is 7.60. The molecule has 2 aliphatic heterocycles. The van der Waals surface area contributed by atoms with Gasteiger partial charge in [-0.05, 0) is 89.8 Å². The Morgan fingerprint density at radius 3 is 1.85 bits per heavy atom. The van der Waals surface area contributed by atoms with Crippen molar-refractivity contribution in [2.75, 3.05) is 39.4 Å². The third-order valence-electron chi connectivity index (χ3n) is 7.60. The molecule has 0 radical (unpaired) electrons. The second kappa shape index (κ2) is 17.4. The van der Waals surface area contributed by atoms with E-state index in [1.165, 1.54) is 6.92 Å². The van der Waals surface area contributed by atoms with Crippen molar-refractivity contribution in [2.45, 2.75) is 85.6 Å². The van der Waals surface area contributed by atoms with Crippen LogP contribution in [0.2, 0.25) is 0 Å². The topological polar surface area (TPSA) is 168 Å². The Balaban J connectivity index is 1.36. The van der Waals surface area contributed by atoms with E-state index in [2.05, 4.69) is 15.6 Å². The molecule has 0 aromatic heterocycles. The van der Waals surface area contributed by atoms with Crippen molar-refractivity contribution < 1.29 is 43.0 Å². The van der Waals surface area contributed by atoms with Gasteiger partial charge in [0.25, 0.3) is 11.8 Å². The number of alkyl carbamates (subject to hydrolysis) is 2. The minimum Gasteiger partial charge on any atom is -0.491 e. The molecule has 2 aromatic carbocycles. The van der Waals surface area contributed by atoms with Crippen molar-refractivity contribution in [3.63, 3.8) is 0 Å². The van der Waals surface area contributed by atoms with Crippen LogP contribution < -0.4 is 15.4 Å². The predicted molar refractivity (Wildman–Crippen MR) is 191 cm³/mol. The highest BCUT2D eigenvalue weighted by Crippen LogP contribution is 2.28. The van der Waals surface area contributed by atoms with Crippen LogP contribution in [0.5, 0.6) is 5.75 Å². The predicted octanol–water partition coefficient (Wildman–Crippen LogP) is 4.64. The van der Waals surface area contributed by atoms with Crippen molar-refractivity contribution in [2.24, 2.45) is 4.99 Å². The van der Waals surface area contributed by atoms with Gasteiger partial charge in [-0.3, -0.25) is 19.2 Å². The highest BCUT2D eigenvalue weighted by Gasteiger charge is 2.36. The van der Waals surface area contributed by atoms with Crippen LogP contribution in [0, 0.1) is 0 Å². The number of benzene rings is 2. The lowest BCUT2D eigenvalue weighted by Gasteiger charge is -2.32. The second-order valence-corrected chi connectivity index (χ2v) is 14.4. The number of nitrogens with zero attached hydrogens (tertiary/aromatic N) is 4. The van der Waals surface area contributed by atoms with E-state index >= 15 is 0 Å². The highest BCUT2D eigenvalue weighted by atomic mass is 16.7. The van der Waals surface area contributed by atoms with Crippen molar-refractivity contribution in [1.82, 2.24) is 25.5 Å². The number of hydrogen-bond donors (Lipinski definition) is 2. The molecule has 282 valence electrons. The Morgan fingerprint density at radius 2 is 1.33 bits per heavy atom. The van der Waals surface area contributed by atoms with Gasteiger partial charge in [-0.2, -0.15) is 4.99 Å². The van der Waals surface area contributed by atoms with E-state index in [0.717, 1.165) is 16.2 Å². The van der Waals surface area contributed by atoms with E-state index in [-0.39, 0.29) is 19.1 Å². The largest absolute Gasteiger partial charge is 0.491 e. The zero-order valence-corrected chi connectivity index (χ0v) is 31.1. The lowest BCUT2D eigenvalue weighted by molar-refractivity contribution is -0.115. The van der Waals surface area contributed by atoms with E-state index in [1.807, 2.05) is 28.0 Å². The smallest absolute Gasteiger partial charge is 0.407 e. The van der Waals surface area contributed by atoms with Gasteiger partial charge < -0.3 is 34.6 Å². The van der Waals surface area contributed by atoms with Crippen LogP contribution in [0.1, 0.15) is 93.2 Å². The molecule has 52 heavy (non-hydrogen) atoms. The maximum atomic E-state index is 12.5. The quantitative estimate of drug-likeness (QED) is 0.128. The second-order valence-electron chi connectivity index (χ2n) is 14.4. The van der Waals surface area contributed by atoms with Gasteiger partial charge in [-0.1, -0.05) is 18.2 Å². The van der Waals surface area contributed by atoms with E-state index in [9.17, 15) is 24.0 Å². The monoisotopic (exact) mass is 722 g/mol. The van der Waals surface area contributed by atoms with Gasteiger partial charge in [0.2, 0.25) is 11.9 Å². The molecule has 2 heterocycles. The van der Waals surface area contributed by atoms with Gasteiger partial charge in [0.1, 0.15) is 30.2 Å². The molecule has 15 heteroatoms. The van der Waals surface area contributed by atoms with Gasteiger partial charge in [-0.15, -0.1) is 5.06 Å². The summed E-state index contributed by atoms with van der Waals surface area (Å²) < 4.78 is 16.6. The van der Waals surface area contributed by atoms with E-state index in [4.69, 9.17) is 19.0 Å². The molecule has 2 aliphatic rings. The van der Waals surface area contributed by atoms with Crippen molar-refractivity contribution in [3.8, 4) is 5.75 Å². The average molecular weight is 723 g/mol. The molecule has 0 bridgehead atoms. The molecule has 0 saturated heterocycles. The zero-order valence-electron chi connectivity index (χ0n) is 31.1. The molecule has 2 aromatic rings. The number of amides is 5. The first kappa shape index (κ1) is 39.6. The Labute approximate surface area is 304 Å². The summed E-state index contributed by atoms with van der Waals surface area (Å²) in [4.78, 5) is 75.8. The van der Waals surface area contributed by atoms with Crippen molar-refractivity contribution in [1.29, 1.82) is 0 Å². The van der Waals surface area contributed by atoms with Gasteiger partial charge >= 0.3 is 12.2 Å². The average Bonchev–Trinajstić information content (AvgIpc) is 3.57. The number of aliphatic imine (C=N–C) groups is 1. The Morgan fingerprint density at radius 1 is 0.788 bits per heavy atom. The van der Waals surface area contributed by atoms with Crippen LogP contribution in [0.4, 0.5) is 9.59 Å². The Bertz CT molecular complexity index is 1590. The Hall–Kier alpha value is -5.18. The minimum atomic E-state index is -0.621. The number of nitrogens with one attached hydrogen (secondary N) is 2. The molecule has 4 rings (SSSR count). The number of carbonyl (C=O) groups excluding carboxylic acids is 5. The molecule has 0 atom stereocenters. The van der Waals surface area contributed by atoms with Crippen LogP contribution in [0.25, 0.3) is 0 Å².